The molecule has 0 atom stereocenters. The van der Waals surface area contributed by atoms with Gasteiger partial charge in [0, 0.05) is 48.8 Å². The Bertz CT molecular complexity index is 3690. The fourth-order valence-electron chi connectivity index (χ4n) is 8.02. The molecular weight excluding hydrogens is 1780 g/mol. The van der Waals surface area contributed by atoms with Gasteiger partial charge in [0.2, 0.25) is 35.3 Å². The summed E-state index contributed by atoms with van der Waals surface area (Å²) in [5.41, 5.74) is 15.1. The minimum Gasteiger partial charge on any atom is -0.255 e. The summed E-state index contributed by atoms with van der Waals surface area (Å²) < 4.78 is 10.1. The minimum absolute atomic E-state index is 0. The molecule has 14 nitrogen and oxygen atoms in total. The van der Waals surface area contributed by atoms with Gasteiger partial charge in [-0.2, -0.15) is 0 Å². The molecule has 0 aliphatic heterocycles. The van der Waals surface area contributed by atoms with Crippen LogP contribution in [0.1, 0.15) is 112 Å². The molecule has 0 aliphatic carbocycles. The van der Waals surface area contributed by atoms with Crippen LogP contribution >= 0.6 is 38.8 Å². The van der Waals surface area contributed by atoms with Crippen LogP contribution in [0.2, 0.25) is 0 Å². The van der Waals surface area contributed by atoms with Gasteiger partial charge in [-0.1, -0.05) is 229 Å². The molecule has 107 heavy (non-hydrogen) atoms. The molecule has 0 saturated carbocycles. The number of nitrogens with zero attached hydrogens (tertiary/aromatic N) is 8. The predicted octanol–water partition coefficient (Wildman–Crippen LogP) is 24.3. The summed E-state index contributed by atoms with van der Waals surface area (Å²) >= 11 is 7.29. The molecule has 580 valence electrons. The Kier molecular flexibility index (Phi) is 68.6. The quantitative estimate of drug-likeness (QED) is 0.0785. The van der Waals surface area contributed by atoms with Gasteiger partial charge in [-0.05, 0) is 123 Å². The summed E-state index contributed by atoms with van der Waals surface area (Å²) in [4.78, 5) is 32.4. The summed E-state index contributed by atoms with van der Waals surface area (Å²) in [5.74, 6) is 2.85. The van der Waals surface area contributed by atoms with E-state index in [2.05, 4.69) is 233 Å². The van der Waals surface area contributed by atoms with Crippen LogP contribution in [0.4, 0.5) is 0 Å². The van der Waals surface area contributed by atoms with Crippen molar-refractivity contribution in [3.05, 3.63) is 330 Å². The van der Waals surface area contributed by atoms with E-state index in [4.69, 9.17) is 29.9 Å². The smallest absolute Gasteiger partial charge is 0.0886 e. The van der Waals surface area contributed by atoms with Crippen molar-refractivity contribution in [2.45, 2.75) is 101 Å². The SMILES string of the molecule is CC.COc1cccc(-c2cccc(OC)n2)n1.Cc1ccc(C(C)C)cc1.Cc1ccc(C(C)C)cc1.Cc1ccc(C(C)C)cc1.Cc1ccccc1.Oc1cccc(-c2cccc(O)n2)n1.Oc1cccc(-c2cccc(O)n2)n1.[CH3-].[CH3-].[CH3-].[CH3-].[Cl][Ru+].[Cl][Ru+].[Cl][Ru+].[Cl][Ru+].c1ccc(-c2ccccn2)nc1. The number of halogens is 4. The van der Waals surface area contributed by atoms with Gasteiger partial charge in [0.15, 0.2) is 0 Å². The Morgan fingerprint density at radius 2 is 0.467 bits per heavy atom. The fraction of sp³-hybridized carbons (Fsp3) is 0.200. The average molecular weight is 1880 g/mol. The number of ether oxygens (including phenoxy) is 2. The summed E-state index contributed by atoms with van der Waals surface area (Å²) in [6, 6.07) is 78.5. The van der Waals surface area contributed by atoms with Gasteiger partial charge >= 0.3 is 108 Å². The summed E-state index contributed by atoms with van der Waals surface area (Å²) in [6.07, 6.45) is 3.54. The molecule has 8 heterocycles. The number of aromatic hydroxyl groups is 4. The van der Waals surface area contributed by atoms with Crippen molar-refractivity contribution in [1.82, 2.24) is 39.9 Å². The van der Waals surface area contributed by atoms with Gasteiger partial charge in [0.1, 0.15) is 0 Å². The number of benzene rings is 4. The van der Waals surface area contributed by atoms with Crippen molar-refractivity contribution in [3.8, 4) is 80.8 Å². The predicted molar refractivity (Wildman–Crippen MR) is 437 cm³/mol. The molecule has 4 aromatic carbocycles. The van der Waals surface area contributed by atoms with Crippen molar-refractivity contribution in [2.24, 2.45) is 0 Å². The van der Waals surface area contributed by atoms with Crippen molar-refractivity contribution >= 4 is 38.8 Å². The van der Waals surface area contributed by atoms with Crippen LogP contribution in [-0.2, 0) is 69.2 Å². The van der Waals surface area contributed by atoms with Gasteiger partial charge in [0.25, 0.3) is 0 Å². The number of pyridine rings is 8. The fourth-order valence-corrected chi connectivity index (χ4v) is 8.02. The zero-order valence-corrected chi connectivity index (χ0v) is 74.1. The minimum atomic E-state index is -0.0624. The molecule has 0 spiro atoms. The molecule has 0 bridgehead atoms. The first kappa shape index (κ1) is 108. The van der Waals surface area contributed by atoms with E-state index in [0.29, 0.717) is 52.3 Å². The summed E-state index contributed by atoms with van der Waals surface area (Å²) in [7, 11) is 21.5. The molecule has 4 N–H and O–H groups in total. The first-order valence-corrected chi connectivity index (χ1v) is 41.0. The molecule has 0 fully saturated rings. The number of aryl methyl sites for hydroxylation is 4. The maximum Gasteiger partial charge on any atom is 0.0886 e. The molecule has 0 saturated heterocycles. The van der Waals surface area contributed by atoms with Crippen molar-refractivity contribution in [2.75, 3.05) is 14.2 Å². The molecule has 12 aromatic rings. The van der Waals surface area contributed by atoms with E-state index in [1.165, 1.54) is 63.2 Å². The molecule has 0 aliphatic rings. The summed E-state index contributed by atoms with van der Waals surface area (Å²) in [6.45, 7) is 25.7. The molecule has 0 amide bonds. The average Bonchev–Trinajstić information content (AvgIpc) is 0.858. The van der Waals surface area contributed by atoms with E-state index in [0.717, 1.165) is 22.8 Å². The number of hydrogen-bond acceptors (Lipinski definition) is 14. The van der Waals surface area contributed by atoms with Crippen molar-refractivity contribution in [3.63, 3.8) is 0 Å². The Hall–Kier alpha value is -7.47. The van der Waals surface area contributed by atoms with E-state index in [9.17, 15) is 0 Å². The molecule has 0 radical (unpaired) electrons. The van der Waals surface area contributed by atoms with Crippen LogP contribution < -0.4 is 9.47 Å². The number of aromatic nitrogens is 8. The van der Waals surface area contributed by atoms with Gasteiger partial charge in [0.05, 0.1) is 59.8 Å². The van der Waals surface area contributed by atoms with Crippen LogP contribution in [0.3, 0.4) is 0 Å². The Labute approximate surface area is 697 Å². The maximum absolute atomic E-state index is 9.14. The molecule has 22 heteroatoms. The Morgan fingerprint density at radius 3 is 0.654 bits per heavy atom. The van der Waals surface area contributed by atoms with Gasteiger partial charge in [-0.25, -0.2) is 29.9 Å². The van der Waals surface area contributed by atoms with E-state index in [1.54, 1.807) is 87.3 Å². The van der Waals surface area contributed by atoms with E-state index < -0.39 is 0 Å². The van der Waals surface area contributed by atoms with Crippen molar-refractivity contribution in [1.29, 1.82) is 0 Å². The maximum atomic E-state index is 9.14. The zero-order valence-electron chi connectivity index (χ0n) is 64.2. The third-order valence-corrected chi connectivity index (χ3v) is 13.4. The second-order valence-corrected chi connectivity index (χ2v) is 21.9. The largest absolute Gasteiger partial charge is 0.255 e. The second-order valence-electron chi connectivity index (χ2n) is 21.9. The Balaban J connectivity index is -0.000000365. The monoisotopic (exact) mass is 1880 g/mol. The second kappa shape index (κ2) is 67.9. The number of rotatable bonds is 9. The number of methoxy groups -OCH3 is 2. The van der Waals surface area contributed by atoms with E-state index in [1.807, 2.05) is 162 Å². The zero-order chi connectivity index (χ0) is 77.3. The van der Waals surface area contributed by atoms with Gasteiger partial charge < -0.3 is 59.6 Å². The van der Waals surface area contributed by atoms with Crippen molar-refractivity contribution < 1.29 is 99.1 Å². The normalized spacial score (nSPS) is 8.94. The van der Waals surface area contributed by atoms with E-state index in [-0.39, 0.29) is 53.2 Å². The van der Waals surface area contributed by atoms with Crippen LogP contribution in [0.15, 0.2) is 261 Å². The van der Waals surface area contributed by atoms with Gasteiger partial charge in [-0.15, -0.1) is 0 Å². The van der Waals surface area contributed by atoms with Crippen LogP contribution in [0.25, 0.3) is 45.6 Å². The topological polar surface area (TPSA) is 202 Å². The number of hydrogen-bond donors (Lipinski definition) is 4. The van der Waals surface area contributed by atoms with Crippen LogP contribution in [0.5, 0.6) is 35.3 Å². The molecule has 8 aromatic heterocycles. The van der Waals surface area contributed by atoms with E-state index >= 15 is 0 Å². The first-order valence-electron chi connectivity index (χ1n) is 32.0. The van der Waals surface area contributed by atoms with Gasteiger partial charge in [-0.3, -0.25) is 9.97 Å². The standard InChI is InChI=1S/C12H12N2O2.2C10H8N2O2.C10H8N2.3C10H14.C7H8.C2H6.4CH3.4ClH.4Ru/c1-15-11-7-3-5-9(13-11)10-6-4-8-12(14-10)16-2;2*13-9-5-1-3-7(11-9)8-4-2-6-10(14)12-8;1-3-7-11-9(5-1)10-6-2-4-8-12-10;3*1-8(2)10-6-4-9(3)5-7-10;1-7-5-3-2-4-6-7;1-2;;;;;;;;;;;;/h3-8H,1-2H3;2*1-6H,(H,11,13)(H,12,14);1-8H;3*4-8H,1-3H3;2-6H,1H3;1-2H3;4*1H3;4*1H;;;;/q;;;;;;;;;4*-1;;;;;4*+2/p-4. The van der Waals surface area contributed by atoms with Crippen LogP contribution in [-0.4, -0.2) is 74.5 Å². The third-order valence-electron chi connectivity index (χ3n) is 13.4. The molecule has 12 rings (SSSR count). The summed E-state index contributed by atoms with van der Waals surface area (Å²) in [5, 5.41) is 36.6. The Morgan fingerprint density at radius 1 is 0.262 bits per heavy atom. The first-order chi connectivity index (χ1) is 49.8. The third kappa shape index (κ3) is 47.8. The van der Waals surface area contributed by atoms with Crippen LogP contribution in [0, 0.1) is 57.4 Å². The molecule has 0 unspecified atom stereocenters. The molecular formula is C85H104Cl4N8O6Ru4.